The fourth-order valence-corrected chi connectivity index (χ4v) is 2.53. The zero-order chi connectivity index (χ0) is 18.7. The molecule has 0 fully saturated rings. The number of benzene rings is 1. The molecule has 0 aliphatic carbocycles. The van der Waals surface area contributed by atoms with E-state index in [0.717, 1.165) is 4.90 Å². The standard InChI is InChI=1S/C18H15NO7/c1-2-24-15(20)10-26-18(23)11-5-6-13-14(8-11)17(22)19(16(13)21)9-12-4-3-7-25-12/h3-8H,2,9-10H2,1H3. The molecule has 26 heavy (non-hydrogen) atoms. The molecule has 134 valence electrons. The third-order valence-corrected chi connectivity index (χ3v) is 3.73. The summed E-state index contributed by atoms with van der Waals surface area (Å²) in [5.41, 5.74) is 0.365. The van der Waals surface area contributed by atoms with Gasteiger partial charge in [-0.1, -0.05) is 0 Å². The largest absolute Gasteiger partial charge is 0.467 e. The second kappa shape index (κ2) is 7.22. The zero-order valence-electron chi connectivity index (χ0n) is 13.9. The van der Waals surface area contributed by atoms with Gasteiger partial charge in [0.25, 0.3) is 11.8 Å². The molecule has 1 aromatic heterocycles. The molecule has 1 aliphatic heterocycles. The number of furan rings is 1. The van der Waals surface area contributed by atoms with Gasteiger partial charge >= 0.3 is 11.9 Å². The second-order valence-corrected chi connectivity index (χ2v) is 5.42. The molecule has 0 saturated carbocycles. The van der Waals surface area contributed by atoms with Crippen molar-refractivity contribution in [2.75, 3.05) is 13.2 Å². The Hall–Kier alpha value is -3.42. The van der Waals surface area contributed by atoms with Crippen molar-refractivity contribution in [3.05, 3.63) is 59.0 Å². The first kappa shape index (κ1) is 17.4. The van der Waals surface area contributed by atoms with E-state index in [1.54, 1.807) is 19.1 Å². The summed E-state index contributed by atoms with van der Waals surface area (Å²) >= 11 is 0. The SMILES string of the molecule is CCOC(=O)COC(=O)c1ccc2c(c1)C(=O)N(Cc1ccco1)C2=O. The Bertz CT molecular complexity index is 870. The number of carbonyl (C=O) groups excluding carboxylic acids is 4. The van der Waals surface area contributed by atoms with E-state index >= 15 is 0 Å². The molecule has 1 aliphatic rings. The highest BCUT2D eigenvalue weighted by atomic mass is 16.6. The van der Waals surface area contributed by atoms with Crippen molar-refractivity contribution >= 4 is 23.8 Å². The summed E-state index contributed by atoms with van der Waals surface area (Å²) in [4.78, 5) is 49.2. The number of fused-ring (bicyclic) bond motifs is 1. The van der Waals surface area contributed by atoms with Gasteiger partial charge < -0.3 is 13.9 Å². The molecule has 2 heterocycles. The molecule has 3 rings (SSSR count). The van der Waals surface area contributed by atoms with Gasteiger partial charge in [0.2, 0.25) is 0 Å². The van der Waals surface area contributed by atoms with Crippen molar-refractivity contribution in [3.8, 4) is 0 Å². The molecule has 0 spiro atoms. The van der Waals surface area contributed by atoms with Crippen LogP contribution in [-0.4, -0.2) is 41.9 Å². The fraction of sp³-hybridized carbons (Fsp3) is 0.222. The first-order chi connectivity index (χ1) is 12.5. The smallest absolute Gasteiger partial charge is 0.344 e. The van der Waals surface area contributed by atoms with Crippen LogP contribution < -0.4 is 0 Å². The van der Waals surface area contributed by atoms with Crippen molar-refractivity contribution in [2.24, 2.45) is 0 Å². The molecule has 0 bridgehead atoms. The van der Waals surface area contributed by atoms with Gasteiger partial charge in [-0.25, -0.2) is 9.59 Å². The van der Waals surface area contributed by atoms with Crippen LogP contribution in [0.2, 0.25) is 0 Å². The lowest BCUT2D eigenvalue weighted by Gasteiger charge is -2.11. The van der Waals surface area contributed by atoms with Crippen molar-refractivity contribution in [2.45, 2.75) is 13.5 Å². The minimum atomic E-state index is -0.786. The summed E-state index contributed by atoms with van der Waals surface area (Å²) in [6.45, 7) is 1.29. The summed E-state index contributed by atoms with van der Waals surface area (Å²) in [5.74, 6) is -1.98. The molecule has 8 heteroatoms. The van der Waals surface area contributed by atoms with Crippen LogP contribution in [0, 0.1) is 0 Å². The van der Waals surface area contributed by atoms with Crippen LogP contribution in [0.3, 0.4) is 0 Å². The maximum Gasteiger partial charge on any atom is 0.344 e. The molecule has 0 N–H and O–H groups in total. The number of rotatable bonds is 6. The van der Waals surface area contributed by atoms with Crippen molar-refractivity contribution in [1.29, 1.82) is 0 Å². The third-order valence-electron chi connectivity index (χ3n) is 3.73. The predicted octanol–water partition coefficient (Wildman–Crippen LogP) is 1.80. The number of hydrogen-bond acceptors (Lipinski definition) is 7. The molecule has 2 aromatic rings. The lowest BCUT2D eigenvalue weighted by Crippen LogP contribution is -2.28. The molecule has 0 saturated heterocycles. The number of ether oxygens (including phenoxy) is 2. The fourth-order valence-electron chi connectivity index (χ4n) is 2.53. The van der Waals surface area contributed by atoms with Crippen LogP contribution in [0.15, 0.2) is 41.0 Å². The number of amides is 2. The summed E-state index contributed by atoms with van der Waals surface area (Å²) in [6, 6.07) is 7.35. The predicted molar refractivity (Wildman–Crippen MR) is 86.3 cm³/mol. The third kappa shape index (κ3) is 3.34. The maximum absolute atomic E-state index is 12.5. The van der Waals surface area contributed by atoms with Gasteiger partial charge in [0.1, 0.15) is 5.76 Å². The van der Waals surface area contributed by atoms with Gasteiger partial charge in [0.05, 0.1) is 36.1 Å². The van der Waals surface area contributed by atoms with Crippen LogP contribution in [0.1, 0.15) is 43.8 Å². The minimum absolute atomic E-state index is 0.00197. The number of carbonyl (C=O) groups is 4. The molecule has 2 amide bonds. The van der Waals surface area contributed by atoms with Gasteiger partial charge in [-0.05, 0) is 37.3 Å². The van der Waals surface area contributed by atoms with Crippen molar-refractivity contribution in [3.63, 3.8) is 0 Å². The second-order valence-electron chi connectivity index (χ2n) is 5.42. The number of hydrogen-bond donors (Lipinski definition) is 0. The van der Waals surface area contributed by atoms with Crippen LogP contribution in [0.5, 0.6) is 0 Å². The normalized spacial score (nSPS) is 12.9. The average molecular weight is 357 g/mol. The molecular formula is C18H15NO7. The van der Waals surface area contributed by atoms with Crippen molar-refractivity contribution < 1.29 is 33.1 Å². The Balaban J connectivity index is 1.74. The highest BCUT2D eigenvalue weighted by Gasteiger charge is 2.36. The van der Waals surface area contributed by atoms with Crippen LogP contribution >= 0.6 is 0 Å². The average Bonchev–Trinajstić information content (AvgIpc) is 3.23. The van der Waals surface area contributed by atoms with E-state index in [4.69, 9.17) is 9.15 Å². The van der Waals surface area contributed by atoms with Gasteiger partial charge in [-0.3, -0.25) is 14.5 Å². The van der Waals surface area contributed by atoms with E-state index in [2.05, 4.69) is 4.74 Å². The van der Waals surface area contributed by atoms with Gasteiger partial charge in [-0.2, -0.15) is 0 Å². The first-order valence-corrected chi connectivity index (χ1v) is 7.86. The molecular weight excluding hydrogens is 342 g/mol. The Morgan fingerprint density at radius 3 is 2.54 bits per heavy atom. The van der Waals surface area contributed by atoms with Gasteiger partial charge in [-0.15, -0.1) is 0 Å². The maximum atomic E-state index is 12.5. The highest BCUT2D eigenvalue weighted by molar-refractivity contribution is 6.21. The monoisotopic (exact) mass is 357 g/mol. The van der Waals surface area contributed by atoms with E-state index in [9.17, 15) is 19.2 Å². The Kier molecular flexibility index (Phi) is 4.83. The number of nitrogens with zero attached hydrogens (tertiary/aromatic N) is 1. The summed E-state index contributed by atoms with van der Waals surface area (Å²) in [5, 5.41) is 0. The molecule has 0 unspecified atom stereocenters. The quantitative estimate of drug-likeness (QED) is 0.573. The van der Waals surface area contributed by atoms with Crippen LogP contribution in [0.25, 0.3) is 0 Å². The molecule has 0 radical (unpaired) electrons. The van der Waals surface area contributed by atoms with E-state index < -0.39 is 30.4 Å². The van der Waals surface area contributed by atoms with E-state index in [0.29, 0.717) is 5.76 Å². The van der Waals surface area contributed by atoms with Crippen molar-refractivity contribution in [1.82, 2.24) is 4.90 Å². The first-order valence-electron chi connectivity index (χ1n) is 7.86. The minimum Gasteiger partial charge on any atom is -0.467 e. The topological polar surface area (TPSA) is 103 Å². The zero-order valence-corrected chi connectivity index (χ0v) is 13.9. The number of imide groups is 1. The summed E-state index contributed by atoms with van der Waals surface area (Å²) < 4.78 is 14.7. The lowest BCUT2D eigenvalue weighted by atomic mass is 10.1. The molecule has 8 nitrogen and oxygen atoms in total. The Morgan fingerprint density at radius 1 is 1.08 bits per heavy atom. The van der Waals surface area contributed by atoms with E-state index in [1.807, 2.05) is 0 Å². The van der Waals surface area contributed by atoms with Crippen LogP contribution in [0.4, 0.5) is 0 Å². The molecule has 0 atom stereocenters. The van der Waals surface area contributed by atoms with E-state index in [-0.39, 0.29) is 29.8 Å². The summed E-state index contributed by atoms with van der Waals surface area (Å²) in [7, 11) is 0. The highest BCUT2D eigenvalue weighted by Crippen LogP contribution is 2.26. The van der Waals surface area contributed by atoms with Gasteiger partial charge in [0, 0.05) is 0 Å². The molecule has 1 aromatic carbocycles. The Morgan fingerprint density at radius 2 is 1.85 bits per heavy atom. The van der Waals surface area contributed by atoms with E-state index in [1.165, 1.54) is 24.5 Å². The van der Waals surface area contributed by atoms with Crippen LogP contribution in [-0.2, 0) is 20.8 Å². The van der Waals surface area contributed by atoms with Gasteiger partial charge in [0.15, 0.2) is 6.61 Å². The number of esters is 2. The Labute approximate surface area is 148 Å². The summed E-state index contributed by atoms with van der Waals surface area (Å²) in [6.07, 6.45) is 1.45. The lowest BCUT2D eigenvalue weighted by molar-refractivity contribution is -0.146.